The van der Waals surface area contributed by atoms with E-state index in [0.29, 0.717) is 13.1 Å². The molecule has 0 spiro atoms. The van der Waals surface area contributed by atoms with Crippen LogP contribution >= 0.6 is 0 Å². The molecule has 2 atom stereocenters. The molecule has 21 heavy (non-hydrogen) atoms. The normalized spacial score (nSPS) is 23.3. The van der Waals surface area contributed by atoms with E-state index in [4.69, 9.17) is 11.0 Å². The molecule has 1 saturated heterocycles. The first-order valence-electron chi connectivity index (χ1n) is 6.85. The van der Waals surface area contributed by atoms with Crippen molar-refractivity contribution in [3.05, 3.63) is 35.9 Å². The largest absolute Gasteiger partial charge is 0.326 e. The van der Waals surface area contributed by atoms with Crippen molar-refractivity contribution >= 4 is 10.2 Å². The minimum absolute atomic E-state index is 0.00495. The smallest absolute Gasteiger partial charge is 0.281 e. The summed E-state index contributed by atoms with van der Waals surface area (Å²) < 4.78 is 27.5. The quantitative estimate of drug-likeness (QED) is 0.858. The van der Waals surface area contributed by atoms with Gasteiger partial charge in [-0.05, 0) is 5.56 Å². The fourth-order valence-electron chi connectivity index (χ4n) is 2.55. The van der Waals surface area contributed by atoms with Gasteiger partial charge in [0.2, 0.25) is 0 Å². The molecule has 0 radical (unpaired) electrons. The van der Waals surface area contributed by atoms with Gasteiger partial charge in [0.05, 0.1) is 6.07 Å². The van der Waals surface area contributed by atoms with Crippen LogP contribution in [0, 0.1) is 11.3 Å². The van der Waals surface area contributed by atoms with E-state index in [2.05, 4.69) is 0 Å². The van der Waals surface area contributed by atoms with Crippen LogP contribution in [0.1, 0.15) is 17.9 Å². The molecule has 1 aromatic rings. The van der Waals surface area contributed by atoms with Gasteiger partial charge >= 0.3 is 0 Å². The fraction of sp³-hybridized carbons (Fsp3) is 0.500. The van der Waals surface area contributed by atoms with Crippen LogP contribution in [0.15, 0.2) is 30.3 Å². The molecule has 6 nitrogen and oxygen atoms in total. The lowest BCUT2D eigenvalue weighted by atomic mass is 9.95. The third kappa shape index (κ3) is 3.41. The summed E-state index contributed by atoms with van der Waals surface area (Å²) in [6.45, 7) is 0.879. The predicted molar refractivity (Wildman–Crippen MR) is 80.5 cm³/mol. The number of nitrogens with zero attached hydrogens (tertiary/aromatic N) is 3. The van der Waals surface area contributed by atoms with Crippen molar-refractivity contribution in [1.82, 2.24) is 8.61 Å². The molecule has 1 aliphatic heterocycles. The second-order valence-electron chi connectivity index (χ2n) is 5.24. The lowest BCUT2D eigenvalue weighted by molar-refractivity contribution is 0.394. The summed E-state index contributed by atoms with van der Waals surface area (Å²) in [6, 6.07) is 11.5. The Morgan fingerprint density at radius 2 is 2.05 bits per heavy atom. The molecule has 2 N–H and O–H groups in total. The maximum absolute atomic E-state index is 12.4. The van der Waals surface area contributed by atoms with Gasteiger partial charge < -0.3 is 5.73 Å². The van der Waals surface area contributed by atoms with Crippen molar-refractivity contribution in [2.75, 3.05) is 26.7 Å². The molecule has 1 fully saturated rings. The molecule has 1 heterocycles. The van der Waals surface area contributed by atoms with Crippen LogP contribution in [-0.2, 0) is 10.2 Å². The molecular weight excluding hydrogens is 288 g/mol. The topological polar surface area (TPSA) is 90.4 Å². The summed E-state index contributed by atoms with van der Waals surface area (Å²) in [5, 5.41) is 8.57. The molecule has 0 amide bonds. The number of hydrogen-bond donors (Lipinski definition) is 1. The highest BCUT2D eigenvalue weighted by atomic mass is 32.2. The van der Waals surface area contributed by atoms with Crippen molar-refractivity contribution in [2.45, 2.75) is 18.4 Å². The minimum atomic E-state index is -3.55. The van der Waals surface area contributed by atoms with Gasteiger partial charge in [-0.2, -0.15) is 22.3 Å². The maximum atomic E-state index is 12.4. The first kappa shape index (κ1) is 15.9. The molecule has 1 aliphatic rings. The van der Waals surface area contributed by atoms with Gasteiger partial charge in [-0.15, -0.1) is 0 Å². The maximum Gasteiger partial charge on any atom is 0.281 e. The van der Waals surface area contributed by atoms with Gasteiger partial charge in [0.15, 0.2) is 0 Å². The molecule has 1 aromatic carbocycles. The average molecular weight is 308 g/mol. The van der Waals surface area contributed by atoms with Gasteiger partial charge in [-0.25, -0.2) is 0 Å². The Bertz CT molecular complexity index is 612. The van der Waals surface area contributed by atoms with Gasteiger partial charge in [0, 0.05) is 45.1 Å². The highest BCUT2D eigenvalue weighted by Gasteiger charge is 2.39. The van der Waals surface area contributed by atoms with Gasteiger partial charge in [0.25, 0.3) is 10.2 Å². The molecule has 2 rings (SSSR count). The van der Waals surface area contributed by atoms with E-state index in [-0.39, 0.29) is 24.9 Å². The third-order valence-corrected chi connectivity index (χ3v) is 5.74. The Morgan fingerprint density at radius 1 is 1.38 bits per heavy atom. The summed E-state index contributed by atoms with van der Waals surface area (Å²) in [5.41, 5.74) is 7.18. The van der Waals surface area contributed by atoms with Crippen LogP contribution in [0.2, 0.25) is 0 Å². The summed E-state index contributed by atoms with van der Waals surface area (Å²) in [4.78, 5) is 0. The van der Waals surface area contributed by atoms with Crippen LogP contribution in [-0.4, -0.2) is 49.8 Å². The van der Waals surface area contributed by atoms with E-state index in [0.717, 1.165) is 5.56 Å². The predicted octanol–water partition coefficient (Wildman–Crippen LogP) is 0.503. The fourth-order valence-corrected chi connectivity index (χ4v) is 3.98. The highest BCUT2D eigenvalue weighted by molar-refractivity contribution is 7.86. The molecular formula is C14H20N4O2S. The number of nitrogens with two attached hydrogens (primary N) is 1. The van der Waals surface area contributed by atoms with E-state index in [9.17, 15) is 8.42 Å². The van der Waals surface area contributed by atoms with E-state index in [1.807, 2.05) is 36.4 Å². The SMILES string of the molecule is CN(CCC#N)S(=O)(=O)N1C[C@@H](N)[C@H](c2ccccc2)C1. The molecule has 0 unspecified atom stereocenters. The van der Waals surface area contributed by atoms with E-state index >= 15 is 0 Å². The summed E-state index contributed by atoms with van der Waals surface area (Å²) in [6.07, 6.45) is 0.178. The van der Waals surface area contributed by atoms with Crippen molar-refractivity contribution in [3.63, 3.8) is 0 Å². The first-order chi connectivity index (χ1) is 9.96. The van der Waals surface area contributed by atoms with Crippen molar-refractivity contribution in [3.8, 4) is 6.07 Å². The third-order valence-electron chi connectivity index (χ3n) is 3.82. The second-order valence-corrected chi connectivity index (χ2v) is 7.27. The first-order valence-corrected chi connectivity index (χ1v) is 8.25. The van der Waals surface area contributed by atoms with Crippen molar-refractivity contribution in [2.24, 2.45) is 5.73 Å². The zero-order valence-corrected chi connectivity index (χ0v) is 12.8. The number of rotatable bonds is 5. The van der Waals surface area contributed by atoms with E-state index in [1.165, 1.54) is 15.7 Å². The number of nitriles is 1. The summed E-state index contributed by atoms with van der Waals surface area (Å²) >= 11 is 0. The Hall–Kier alpha value is -1.46. The standard InChI is InChI=1S/C14H20N4O2S/c1-17(9-5-8-15)21(19,20)18-10-13(14(16)11-18)12-6-3-2-4-7-12/h2-4,6-7,13-14H,5,9-11,16H2,1H3/t13-,14+/m0/s1. The Labute approximate surface area is 125 Å². The molecule has 0 saturated carbocycles. The van der Waals surface area contributed by atoms with E-state index in [1.54, 1.807) is 0 Å². The molecule has 7 heteroatoms. The van der Waals surface area contributed by atoms with Crippen molar-refractivity contribution < 1.29 is 8.42 Å². The Morgan fingerprint density at radius 3 is 2.67 bits per heavy atom. The molecule has 114 valence electrons. The lowest BCUT2D eigenvalue weighted by Gasteiger charge is -2.23. The van der Waals surface area contributed by atoms with Gasteiger partial charge in [0.1, 0.15) is 0 Å². The number of hydrogen-bond acceptors (Lipinski definition) is 4. The monoisotopic (exact) mass is 308 g/mol. The average Bonchev–Trinajstić information content (AvgIpc) is 2.88. The zero-order chi connectivity index (χ0) is 15.5. The van der Waals surface area contributed by atoms with Crippen molar-refractivity contribution in [1.29, 1.82) is 5.26 Å². The van der Waals surface area contributed by atoms with Crippen LogP contribution in [0.4, 0.5) is 0 Å². The molecule has 0 bridgehead atoms. The lowest BCUT2D eigenvalue weighted by Crippen LogP contribution is -2.42. The van der Waals surface area contributed by atoms with Crippen LogP contribution in [0.3, 0.4) is 0 Å². The molecule has 0 aromatic heterocycles. The molecule has 0 aliphatic carbocycles. The van der Waals surface area contributed by atoms with Crippen LogP contribution in [0.25, 0.3) is 0 Å². The Kier molecular flexibility index (Phi) is 4.96. The second kappa shape index (κ2) is 6.54. The summed E-state index contributed by atoms with van der Waals surface area (Å²) in [5.74, 6) is 0.00495. The van der Waals surface area contributed by atoms with Gasteiger partial charge in [-0.3, -0.25) is 0 Å². The van der Waals surface area contributed by atoms with E-state index < -0.39 is 10.2 Å². The number of benzene rings is 1. The van der Waals surface area contributed by atoms with Crippen LogP contribution < -0.4 is 5.73 Å². The highest BCUT2D eigenvalue weighted by Crippen LogP contribution is 2.28. The van der Waals surface area contributed by atoms with Crippen LogP contribution in [0.5, 0.6) is 0 Å². The minimum Gasteiger partial charge on any atom is -0.326 e. The summed E-state index contributed by atoms with van der Waals surface area (Å²) in [7, 11) is -2.06. The Balaban J connectivity index is 2.12. The van der Waals surface area contributed by atoms with Gasteiger partial charge in [-0.1, -0.05) is 30.3 Å². The zero-order valence-electron chi connectivity index (χ0n) is 12.0.